The molecule has 1 aromatic rings. The summed E-state index contributed by atoms with van der Waals surface area (Å²) in [6.07, 6.45) is 1.48. The number of methoxy groups -OCH3 is 1. The maximum Gasteiger partial charge on any atom is 0.212 e. The van der Waals surface area contributed by atoms with Crippen molar-refractivity contribution in [1.29, 1.82) is 0 Å². The number of nitrogens with zero attached hydrogens (tertiary/aromatic N) is 1. The second-order valence-corrected chi connectivity index (χ2v) is 2.01. The number of alkyl halides is 1. The van der Waals surface area contributed by atoms with Crippen molar-refractivity contribution in [2.24, 2.45) is 0 Å². The van der Waals surface area contributed by atoms with Crippen molar-refractivity contribution >= 4 is 11.6 Å². The Labute approximate surface area is 69.0 Å². The molecule has 0 unspecified atom stereocenters. The van der Waals surface area contributed by atoms with E-state index in [2.05, 4.69) is 9.72 Å². The standard InChI is InChI=1S/C7H8ClNO/c1-10-7-3-2-6(4-8)5-9-7/h2-3,5H,4H2,1H3/i1D3. The largest absolute Gasteiger partial charge is 0.481 e. The minimum absolute atomic E-state index is 0.0777. The molecule has 10 heavy (non-hydrogen) atoms. The van der Waals surface area contributed by atoms with Crippen molar-refractivity contribution in [1.82, 2.24) is 4.98 Å². The highest BCUT2D eigenvalue weighted by molar-refractivity contribution is 6.17. The van der Waals surface area contributed by atoms with Crippen molar-refractivity contribution in [2.75, 3.05) is 7.04 Å². The molecule has 0 spiro atoms. The zero-order valence-electron chi connectivity index (χ0n) is 8.17. The van der Waals surface area contributed by atoms with Crippen LogP contribution in [0.15, 0.2) is 18.3 Å². The van der Waals surface area contributed by atoms with Gasteiger partial charge in [0.05, 0.1) is 11.2 Å². The molecule has 1 rings (SSSR count). The fourth-order valence-electron chi connectivity index (χ4n) is 0.550. The van der Waals surface area contributed by atoms with E-state index in [-0.39, 0.29) is 5.88 Å². The van der Waals surface area contributed by atoms with Crippen molar-refractivity contribution in [3.8, 4) is 5.88 Å². The average molecular weight is 161 g/mol. The van der Waals surface area contributed by atoms with Gasteiger partial charge in [-0.2, -0.15) is 0 Å². The van der Waals surface area contributed by atoms with E-state index in [1.54, 1.807) is 6.07 Å². The van der Waals surface area contributed by atoms with Crippen LogP contribution in [0.2, 0.25) is 0 Å². The summed E-state index contributed by atoms with van der Waals surface area (Å²) >= 11 is 5.52. The minimum atomic E-state index is -2.45. The van der Waals surface area contributed by atoms with Crippen molar-refractivity contribution in [3.63, 3.8) is 0 Å². The zero-order chi connectivity index (χ0) is 9.90. The molecule has 0 aromatic carbocycles. The number of ether oxygens (including phenoxy) is 1. The summed E-state index contributed by atoms with van der Waals surface area (Å²) in [6.45, 7) is 0. The molecule has 0 bridgehead atoms. The van der Waals surface area contributed by atoms with E-state index in [0.29, 0.717) is 5.88 Å². The van der Waals surface area contributed by atoms with Crippen LogP contribution in [-0.4, -0.2) is 12.0 Å². The first kappa shape index (κ1) is 4.19. The van der Waals surface area contributed by atoms with Gasteiger partial charge in [-0.1, -0.05) is 6.07 Å². The first-order valence-electron chi connectivity index (χ1n) is 4.21. The lowest BCUT2D eigenvalue weighted by molar-refractivity contribution is 0.397. The third kappa shape index (κ3) is 1.61. The summed E-state index contributed by atoms with van der Waals surface area (Å²) in [5.74, 6) is 0.426. The normalized spacial score (nSPS) is 15.1. The van der Waals surface area contributed by atoms with Gasteiger partial charge in [0.2, 0.25) is 5.88 Å². The number of halogens is 1. The predicted molar refractivity (Wildman–Crippen MR) is 40.3 cm³/mol. The summed E-state index contributed by atoms with van der Waals surface area (Å²) < 4.78 is 25.0. The van der Waals surface area contributed by atoms with E-state index < -0.39 is 7.04 Å². The van der Waals surface area contributed by atoms with Gasteiger partial charge in [-0.15, -0.1) is 11.6 Å². The van der Waals surface area contributed by atoms with Crippen LogP contribution in [0.3, 0.4) is 0 Å². The molecule has 54 valence electrons. The summed E-state index contributed by atoms with van der Waals surface area (Å²) in [7, 11) is -2.45. The maximum absolute atomic E-state index is 6.81. The highest BCUT2D eigenvalue weighted by Crippen LogP contribution is 2.07. The van der Waals surface area contributed by atoms with Crippen LogP contribution in [0.4, 0.5) is 0 Å². The third-order valence-corrected chi connectivity index (χ3v) is 1.37. The van der Waals surface area contributed by atoms with Crippen LogP contribution in [0.5, 0.6) is 5.88 Å². The molecule has 1 heterocycles. The van der Waals surface area contributed by atoms with E-state index in [1.807, 2.05) is 0 Å². The molecule has 0 fully saturated rings. The van der Waals surface area contributed by atoms with Crippen LogP contribution < -0.4 is 4.74 Å². The molecule has 3 heteroatoms. The predicted octanol–water partition coefficient (Wildman–Crippen LogP) is 1.83. The lowest BCUT2D eigenvalue weighted by Gasteiger charge is -1.97. The molecule has 0 amide bonds. The van der Waals surface area contributed by atoms with E-state index in [9.17, 15) is 0 Å². The molecule has 0 N–H and O–H groups in total. The molecule has 0 saturated heterocycles. The summed E-state index contributed by atoms with van der Waals surface area (Å²) in [4.78, 5) is 3.77. The van der Waals surface area contributed by atoms with Gasteiger partial charge in [-0.25, -0.2) is 4.98 Å². The van der Waals surface area contributed by atoms with Gasteiger partial charge >= 0.3 is 0 Å². The Morgan fingerprint density at radius 3 is 3.20 bits per heavy atom. The molecule has 0 saturated carbocycles. The van der Waals surface area contributed by atoms with Gasteiger partial charge in [0.15, 0.2) is 0 Å². The molecule has 0 radical (unpaired) electrons. The third-order valence-electron chi connectivity index (χ3n) is 1.06. The van der Waals surface area contributed by atoms with Gasteiger partial charge in [0.1, 0.15) is 0 Å². The second-order valence-electron chi connectivity index (χ2n) is 1.74. The van der Waals surface area contributed by atoms with Gasteiger partial charge in [-0.3, -0.25) is 0 Å². The smallest absolute Gasteiger partial charge is 0.212 e. The number of aromatic nitrogens is 1. The summed E-state index contributed by atoms with van der Waals surface area (Å²) in [5, 5.41) is 0. The first-order valence-corrected chi connectivity index (χ1v) is 3.24. The zero-order valence-corrected chi connectivity index (χ0v) is 5.93. The van der Waals surface area contributed by atoms with Crippen LogP contribution in [0.1, 0.15) is 9.68 Å². The Hall–Kier alpha value is -0.760. The second kappa shape index (κ2) is 3.42. The molecule has 0 aliphatic carbocycles. The Morgan fingerprint density at radius 2 is 2.70 bits per heavy atom. The number of rotatable bonds is 2. The maximum atomic E-state index is 6.81. The Bertz CT molecular complexity index is 272. The molecule has 0 aliphatic heterocycles. The summed E-state index contributed by atoms with van der Waals surface area (Å²) in [6, 6.07) is 3.14. The fourth-order valence-corrected chi connectivity index (χ4v) is 0.708. The van der Waals surface area contributed by atoms with Gasteiger partial charge in [0, 0.05) is 18.1 Å². The molecule has 0 atom stereocenters. The Morgan fingerprint density at radius 1 is 1.80 bits per heavy atom. The number of pyridine rings is 1. The van der Waals surface area contributed by atoms with Crippen LogP contribution in [-0.2, 0) is 5.88 Å². The summed E-state index contributed by atoms with van der Waals surface area (Å²) in [5.41, 5.74) is 0.819. The molecule has 2 nitrogen and oxygen atoms in total. The van der Waals surface area contributed by atoms with Gasteiger partial charge < -0.3 is 4.74 Å². The minimum Gasteiger partial charge on any atom is -0.481 e. The van der Waals surface area contributed by atoms with Gasteiger partial charge in [0.25, 0.3) is 0 Å². The van der Waals surface area contributed by atoms with E-state index in [0.717, 1.165) is 5.56 Å². The Balaban J connectivity index is 2.70. The fraction of sp³-hybridized carbons (Fsp3) is 0.286. The number of hydrogen-bond donors (Lipinski definition) is 0. The van der Waals surface area contributed by atoms with Crippen LogP contribution in [0, 0.1) is 0 Å². The lowest BCUT2D eigenvalue weighted by Crippen LogP contribution is -1.87. The SMILES string of the molecule is [2H]C([2H])([2H])Oc1ccc(CCl)cn1. The topological polar surface area (TPSA) is 22.1 Å². The lowest BCUT2D eigenvalue weighted by atomic mass is 10.3. The monoisotopic (exact) mass is 160 g/mol. The highest BCUT2D eigenvalue weighted by atomic mass is 35.5. The molecular weight excluding hydrogens is 150 g/mol. The van der Waals surface area contributed by atoms with Crippen LogP contribution >= 0.6 is 11.6 Å². The molecular formula is C7H8ClNO. The molecule has 0 aliphatic rings. The average Bonchev–Trinajstić information content (AvgIpc) is 2.03. The quantitative estimate of drug-likeness (QED) is 0.616. The van der Waals surface area contributed by atoms with Crippen molar-refractivity contribution < 1.29 is 8.85 Å². The Kier molecular flexibility index (Phi) is 1.43. The number of hydrogen-bond acceptors (Lipinski definition) is 2. The highest BCUT2D eigenvalue weighted by Gasteiger charge is 1.91. The van der Waals surface area contributed by atoms with E-state index in [1.165, 1.54) is 12.3 Å². The van der Waals surface area contributed by atoms with Crippen molar-refractivity contribution in [2.45, 2.75) is 5.88 Å². The first-order chi connectivity index (χ1) is 6.01. The van der Waals surface area contributed by atoms with E-state index in [4.69, 9.17) is 15.7 Å². The van der Waals surface area contributed by atoms with Crippen molar-refractivity contribution in [3.05, 3.63) is 23.9 Å². The van der Waals surface area contributed by atoms with Gasteiger partial charge in [-0.05, 0) is 5.56 Å². The van der Waals surface area contributed by atoms with Crippen LogP contribution in [0.25, 0.3) is 0 Å². The van der Waals surface area contributed by atoms with E-state index >= 15 is 0 Å². The molecule has 1 aromatic heterocycles.